The molecular formula is C17H18FN3O4. The standard InChI is InChI=1S/C17H18FN3O4/c18-14-6-4-13(5-7-14)17(22)25-11-3-1-2-10-19-16-9-8-15(12-20-16)21(23)24/h4-9,12H,1-3,10-11H2,(H,19,20). The molecule has 1 aromatic carbocycles. The Labute approximate surface area is 144 Å². The summed E-state index contributed by atoms with van der Waals surface area (Å²) in [5.74, 6) is -0.284. The Morgan fingerprint density at radius 3 is 2.56 bits per heavy atom. The molecular weight excluding hydrogens is 329 g/mol. The molecule has 132 valence electrons. The number of nitrogens with one attached hydrogen (secondary N) is 1. The molecule has 0 saturated heterocycles. The number of carbonyl (C=O) groups excluding carboxylic acids is 1. The third-order valence-corrected chi connectivity index (χ3v) is 3.40. The van der Waals surface area contributed by atoms with E-state index in [1.165, 1.54) is 36.5 Å². The van der Waals surface area contributed by atoms with Crippen LogP contribution in [0.5, 0.6) is 0 Å². The molecule has 0 amide bonds. The molecule has 25 heavy (non-hydrogen) atoms. The summed E-state index contributed by atoms with van der Waals surface area (Å²) in [4.78, 5) is 25.7. The van der Waals surface area contributed by atoms with Crippen LogP contribution in [0, 0.1) is 15.9 Å². The summed E-state index contributed by atoms with van der Waals surface area (Å²) in [5.41, 5.74) is 0.279. The van der Waals surface area contributed by atoms with Crippen LogP contribution < -0.4 is 5.32 Å². The van der Waals surface area contributed by atoms with Gasteiger partial charge in [0.15, 0.2) is 0 Å². The summed E-state index contributed by atoms with van der Waals surface area (Å²) < 4.78 is 17.9. The van der Waals surface area contributed by atoms with Crippen molar-refractivity contribution in [3.05, 3.63) is 64.1 Å². The number of nitrogens with zero attached hydrogens (tertiary/aromatic N) is 2. The quantitative estimate of drug-likeness (QED) is 0.322. The summed E-state index contributed by atoms with van der Waals surface area (Å²) >= 11 is 0. The Balaban J connectivity index is 1.56. The van der Waals surface area contributed by atoms with Gasteiger partial charge in [0.05, 0.1) is 17.1 Å². The van der Waals surface area contributed by atoms with Gasteiger partial charge in [0.25, 0.3) is 5.69 Å². The maximum Gasteiger partial charge on any atom is 0.338 e. The van der Waals surface area contributed by atoms with Gasteiger partial charge in [-0.15, -0.1) is 0 Å². The van der Waals surface area contributed by atoms with Crippen LogP contribution in [0.1, 0.15) is 29.6 Å². The van der Waals surface area contributed by atoms with Gasteiger partial charge in [0.1, 0.15) is 17.8 Å². The first-order chi connectivity index (χ1) is 12.1. The predicted molar refractivity (Wildman–Crippen MR) is 89.9 cm³/mol. The number of anilines is 1. The van der Waals surface area contributed by atoms with Crippen LogP contribution in [0.25, 0.3) is 0 Å². The molecule has 2 aromatic rings. The zero-order valence-electron chi connectivity index (χ0n) is 13.5. The van der Waals surface area contributed by atoms with E-state index < -0.39 is 16.7 Å². The topological polar surface area (TPSA) is 94.4 Å². The lowest BCUT2D eigenvalue weighted by Gasteiger charge is -2.06. The van der Waals surface area contributed by atoms with Crippen LogP contribution in [0.2, 0.25) is 0 Å². The van der Waals surface area contributed by atoms with E-state index >= 15 is 0 Å². The van der Waals surface area contributed by atoms with E-state index in [-0.39, 0.29) is 5.69 Å². The molecule has 0 saturated carbocycles. The van der Waals surface area contributed by atoms with Crippen LogP contribution >= 0.6 is 0 Å². The highest BCUT2D eigenvalue weighted by atomic mass is 19.1. The van der Waals surface area contributed by atoms with Gasteiger partial charge in [-0.3, -0.25) is 10.1 Å². The van der Waals surface area contributed by atoms with Gasteiger partial charge in [0.2, 0.25) is 0 Å². The largest absolute Gasteiger partial charge is 0.462 e. The number of hydrogen-bond donors (Lipinski definition) is 1. The van der Waals surface area contributed by atoms with Crippen molar-refractivity contribution >= 4 is 17.5 Å². The van der Waals surface area contributed by atoms with Crippen LogP contribution in [0.3, 0.4) is 0 Å². The average Bonchev–Trinajstić information content (AvgIpc) is 2.61. The molecule has 0 aliphatic rings. The van der Waals surface area contributed by atoms with Gasteiger partial charge in [-0.25, -0.2) is 14.2 Å². The molecule has 0 spiro atoms. The monoisotopic (exact) mass is 347 g/mol. The van der Waals surface area contributed by atoms with E-state index in [0.717, 1.165) is 12.8 Å². The highest BCUT2D eigenvalue weighted by Gasteiger charge is 2.07. The van der Waals surface area contributed by atoms with Crippen molar-refractivity contribution in [2.75, 3.05) is 18.5 Å². The van der Waals surface area contributed by atoms with E-state index in [2.05, 4.69) is 10.3 Å². The lowest BCUT2D eigenvalue weighted by molar-refractivity contribution is -0.385. The van der Waals surface area contributed by atoms with Crippen LogP contribution in [-0.4, -0.2) is 29.0 Å². The number of pyridine rings is 1. The maximum absolute atomic E-state index is 12.8. The van der Waals surface area contributed by atoms with E-state index in [4.69, 9.17) is 4.74 Å². The highest BCUT2D eigenvalue weighted by Crippen LogP contribution is 2.12. The van der Waals surface area contributed by atoms with Gasteiger partial charge in [-0.1, -0.05) is 0 Å². The van der Waals surface area contributed by atoms with Crippen molar-refractivity contribution in [3.63, 3.8) is 0 Å². The smallest absolute Gasteiger partial charge is 0.338 e. The van der Waals surface area contributed by atoms with Gasteiger partial charge < -0.3 is 10.1 Å². The van der Waals surface area contributed by atoms with Gasteiger partial charge in [-0.05, 0) is 49.6 Å². The van der Waals surface area contributed by atoms with Crippen molar-refractivity contribution in [2.24, 2.45) is 0 Å². The molecule has 0 aliphatic carbocycles. The number of aromatic nitrogens is 1. The minimum atomic E-state index is -0.496. The van der Waals surface area contributed by atoms with Crippen LogP contribution in [-0.2, 0) is 4.74 Å². The van der Waals surface area contributed by atoms with Crippen LogP contribution in [0.15, 0.2) is 42.6 Å². The second-order valence-corrected chi connectivity index (χ2v) is 5.29. The first kappa shape index (κ1) is 18.3. The fourth-order valence-corrected chi connectivity index (χ4v) is 2.05. The number of ether oxygens (including phenoxy) is 1. The Morgan fingerprint density at radius 1 is 1.16 bits per heavy atom. The summed E-state index contributed by atoms with van der Waals surface area (Å²) in [7, 11) is 0. The Bertz CT molecular complexity index is 705. The zero-order chi connectivity index (χ0) is 18.1. The van der Waals surface area contributed by atoms with E-state index in [0.29, 0.717) is 31.0 Å². The molecule has 1 N–H and O–H groups in total. The first-order valence-electron chi connectivity index (χ1n) is 7.83. The fourth-order valence-electron chi connectivity index (χ4n) is 2.05. The molecule has 1 aromatic heterocycles. The zero-order valence-corrected chi connectivity index (χ0v) is 13.5. The fraction of sp³-hybridized carbons (Fsp3) is 0.294. The van der Waals surface area contributed by atoms with Gasteiger partial charge >= 0.3 is 5.97 Å². The molecule has 8 heteroatoms. The molecule has 0 atom stereocenters. The van der Waals surface area contributed by atoms with Crippen molar-refractivity contribution < 1.29 is 18.8 Å². The number of esters is 1. The third-order valence-electron chi connectivity index (χ3n) is 3.40. The minimum Gasteiger partial charge on any atom is -0.462 e. The molecule has 1 heterocycles. The second kappa shape index (κ2) is 9.31. The maximum atomic E-state index is 12.8. The number of nitro groups is 1. The van der Waals surface area contributed by atoms with Crippen molar-refractivity contribution in [1.29, 1.82) is 0 Å². The summed E-state index contributed by atoms with van der Waals surface area (Å²) in [6.07, 6.45) is 3.60. The van der Waals surface area contributed by atoms with Crippen molar-refractivity contribution in [1.82, 2.24) is 4.98 Å². The lowest BCUT2D eigenvalue weighted by Crippen LogP contribution is -2.07. The van der Waals surface area contributed by atoms with Gasteiger partial charge in [-0.2, -0.15) is 0 Å². The summed E-state index contributed by atoms with van der Waals surface area (Å²) in [6.45, 7) is 0.961. The highest BCUT2D eigenvalue weighted by molar-refractivity contribution is 5.89. The molecule has 0 bridgehead atoms. The molecule has 0 fully saturated rings. The van der Waals surface area contributed by atoms with E-state index in [9.17, 15) is 19.3 Å². The molecule has 0 unspecified atom stereocenters. The van der Waals surface area contributed by atoms with E-state index in [1.54, 1.807) is 6.07 Å². The lowest BCUT2D eigenvalue weighted by atomic mass is 10.2. The first-order valence-corrected chi connectivity index (χ1v) is 7.83. The van der Waals surface area contributed by atoms with Crippen molar-refractivity contribution in [2.45, 2.75) is 19.3 Å². The number of rotatable bonds is 9. The number of unbranched alkanes of at least 4 members (excludes halogenated alkanes) is 2. The Kier molecular flexibility index (Phi) is 6.82. The Morgan fingerprint density at radius 2 is 1.92 bits per heavy atom. The number of carbonyl (C=O) groups is 1. The average molecular weight is 347 g/mol. The molecule has 7 nitrogen and oxygen atoms in total. The summed E-state index contributed by atoms with van der Waals surface area (Å²) in [6, 6.07) is 8.16. The minimum absolute atomic E-state index is 0.0477. The summed E-state index contributed by atoms with van der Waals surface area (Å²) in [5, 5.41) is 13.6. The number of hydrogen-bond acceptors (Lipinski definition) is 6. The van der Waals surface area contributed by atoms with Crippen molar-refractivity contribution in [3.8, 4) is 0 Å². The third kappa shape index (κ3) is 6.17. The number of benzene rings is 1. The molecule has 2 rings (SSSR count). The second-order valence-electron chi connectivity index (χ2n) is 5.29. The predicted octanol–water partition coefficient (Wildman–Crippen LogP) is 3.57. The normalized spacial score (nSPS) is 10.3. The molecule has 0 aliphatic heterocycles. The molecule has 0 radical (unpaired) electrons. The van der Waals surface area contributed by atoms with E-state index in [1.807, 2.05) is 0 Å². The number of halogens is 1. The van der Waals surface area contributed by atoms with Gasteiger partial charge in [0, 0.05) is 12.6 Å². The Hall–Kier alpha value is -3.03. The van der Waals surface area contributed by atoms with Crippen LogP contribution in [0.4, 0.5) is 15.9 Å². The SMILES string of the molecule is O=C(OCCCCCNc1ccc([N+](=O)[O-])cn1)c1ccc(F)cc1.